The molecule has 0 unspecified atom stereocenters. The maximum absolute atomic E-state index is 14.5. The fraction of sp³-hybridized carbons (Fsp3) is 0.755. The number of esters is 1. The monoisotopic (exact) mass is 1020 g/mol. The number of nitrogens with zero attached hydrogens (tertiary/aromatic N) is 1. The van der Waals surface area contributed by atoms with Crippen LogP contribution in [0, 0.1) is 35.5 Å². The summed E-state index contributed by atoms with van der Waals surface area (Å²) < 4.78 is 57.8. The average Bonchev–Trinajstić information content (AvgIpc) is 3.33. The molecule has 0 aromatic carbocycles. The third kappa shape index (κ3) is 16.8. The molecule has 3 heterocycles. The maximum atomic E-state index is 14.5. The molecule has 1 saturated carbocycles. The van der Waals surface area contributed by atoms with Gasteiger partial charge < -0.3 is 43.9 Å². The molecule has 18 heteroatoms. The summed E-state index contributed by atoms with van der Waals surface area (Å²) in [5, 5.41) is 34.1. The Hall–Kier alpha value is -3.46. The summed E-state index contributed by atoms with van der Waals surface area (Å²) in [4.78, 5) is 72.3. The van der Waals surface area contributed by atoms with Crippen LogP contribution in [0.15, 0.2) is 47.6 Å². The Bertz CT molecular complexity index is 2050. The fourth-order valence-electron chi connectivity index (χ4n) is 10.5. The largest absolute Gasteiger partial charge is 0.460 e. The van der Waals surface area contributed by atoms with Crippen molar-refractivity contribution in [2.24, 2.45) is 35.5 Å². The van der Waals surface area contributed by atoms with Crippen molar-refractivity contribution in [3.05, 3.63) is 47.6 Å². The van der Waals surface area contributed by atoms with E-state index in [0.717, 1.165) is 4.90 Å². The molecular weight excluding hydrogens is 937 g/mol. The Morgan fingerprint density at radius 1 is 0.887 bits per heavy atom. The Morgan fingerprint density at radius 3 is 2.28 bits per heavy atom. The lowest BCUT2D eigenvalue weighted by molar-refractivity contribution is -0.264. The number of carbonyl (C=O) groups excluding carboxylic acids is 5. The van der Waals surface area contributed by atoms with Gasteiger partial charge in [0.25, 0.3) is 11.7 Å². The first-order chi connectivity index (χ1) is 33.5. The number of aliphatic hydroxyl groups is 3. The predicted molar refractivity (Wildman–Crippen MR) is 267 cm³/mol. The maximum Gasteiger partial charge on any atom is 0.329 e. The molecule has 15 atom stereocenters. The molecule has 1 amide bonds. The van der Waals surface area contributed by atoms with Gasteiger partial charge in [0, 0.05) is 58.1 Å². The van der Waals surface area contributed by atoms with Gasteiger partial charge in [0.1, 0.15) is 30.1 Å². The minimum atomic E-state index is -3.89. The minimum Gasteiger partial charge on any atom is -0.460 e. The lowest BCUT2D eigenvalue weighted by Crippen LogP contribution is -2.61. The van der Waals surface area contributed by atoms with Crippen molar-refractivity contribution in [1.29, 1.82) is 0 Å². The summed E-state index contributed by atoms with van der Waals surface area (Å²) in [6.45, 7) is 12.2. The number of ether oxygens (including phenoxy) is 5. The van der Waals surface area contributed by atoms with Crippen LogP contribution in [0.2, 0.25) is 0 Å². The van der Waals surface area contributed by atoms with Crippen LogP contribution in [0.3, 0.4) is 0 Å². The number of nitrogens with one attached hydrogen (secondary N) is 1. The number of amides is 1. The van der Waals surface area contributed by atoms with Gasteiger partial charge in [0.05, 0.1) is 30.7 Å². The zero-order valence-corrected chi connectivity index (χ0v) is 44.6. The van der Waals surface area contributed by atoms with Crippen LogP contribution in [0.5, 0.6) is 0 Å². The van der Waals surface area contributed by atoms with Gasteiger partial charge in [-0.25, -0.2) is 17.9 Å². The number of aliphatic hydroxyl groups excluding tert-OH is 2. The number of fused-ring (bicyclic) bond motifs is 3. The van der Waals surface area contributed by atoms with Crippen LogP contribution in [-0.4, -0.2) is 153 Å². The first-order valence-electron chi connectivity index (χ1n) is 25.6. The highest BCUT2D eigenvalue weighted by Gasteiger charge is 2.53. The van der Waals surface area contributed by atoms with Crippen LogP contribution in [-0.2, 0) is 57.7 Å². The SMILES string of the molecule is COCCS(=O)(=O)N[C@@H]1C[C@@H]2CC[C@@H](C)[C@@](O)(O2)C(=O)C(=O)N2CCCC[C@H]2C(=O)O[C@H]([C@H](C)C[C@@H]2CC[C@@H](O)[C@H](OC)C2)CC(=O)[C@H](C)/C=C(\C)[C@@H](O)[C@@H](OC)C(=O)[C@H](C)C[C@H](C)/C=C/C=CC=C1C. The van der Waals surface area contributed by atoms with E-state index in [0.29, 0.717) is 62.5 Å². The second kappa shape index (κ2) is 27.7. The van der Waals surface area contributed by atoms with Gasteiger partial charge in [-0.05, 0) is 108 Å². The summed E-state index contributed by atoms with van der Waals surface area (Å²) in [7, 11) is 0.410. The average molecular weight is 1020 g/mol. The summed E-state index contributed by atoms with van der Waals surface area (Å²) in [6, 6.07) is -2.06. The van der Waals surface area contributed by atoms with Crippen molar-refractivity contribution in [3.63, 3.8) is 0 Å². The van der Waals surface area contributed by atoms with Crippen molar-refractivity contribution in [2.75, 3.05) is 40.2 Å². The van der Waals surface area contributed by atoms with E-state index in [-0.39, 0.29) is 80.0 Å². The molecule has 0 radical (unpaired) electrons. The molecule has 4 rings (SSSR count). The lowest BCUT2D eigenvalue weighted by Gasteiger charge is -2.43. The van der Waals surface area contributed by atoms with E-state index in [4.69, 9.17) is 23.7 Å². The number of hydrogen-bond acceptors (Lipinski definition) is 15. The van der Waals surface area contributed by atoms with E-state index in [9.17, 15) is 47.7 Å². The summed E-state index contributed by atoms with van der Waals surface area (Å²) in [5.74, 6) is -9.18. The number of rotatable bonds is 10. The van der Waals surface area contributed by atoms with Gasteiger partial charge in [0.15, 0.2) is 5.78 Å². The van der Waals surface area contributed by atoms with Crippen LogP contribution in [0.1, 0.15) is 126 Å². The van der Waals surface area contributed by atoms with Crippen molar-refractivity contribution < 1.29 is 71.4 Å². The summed E-state index contributed by atoms with van der Waals surface area (Å²) in [5.41, 5.74) is 0.954. The van der Waals surface area contributed by atoms with Crippen molar-refractivity contribution in [1.82, 2.24) is 9.62 Å². The molecule has 17 nitrogen and oxygen atoms in total. The number of hydrogen-bond donors (Lipinski definition) is 4. The topological polar surface area (TPSA) is 242 Å². The second-order valence-corrected chi connectivity index (χ2v) is 22.7. The Kier molecular flexibility index (Phi) is 23.5. The molecule has 0 aromatic heterocycles. The number of carbonyl (C=O) groups is 5. The molecule has 2 saturated heterocycles. The quantitative estimate of drug-likeness (QED) is 0.126. The van der Waals surface area contributed by atoms with Gasteiger partial charge in [-0.15, -0.1) is 0 Å². The predicted octanol–water partition coefficient (Wildman–Crippen LogP) is 5.10. The van der Waals surface area contributed by atoms with Crippen LogP contribution < -0.4 is 4.72 Å². The number of Topliss-reactive ketones (excluding diaryl/α,β-unsaturated/α-hetero) is 3. The molecule has 4 aliphatic rings. The van der Waals surface area contributed by atoms with Crippen molar-refractivity contribution >= 4 is 39.2 Å². The van der Waals surface area contributed by atoms with Crippen molar-refractivity contribution in [2.45, 2.75) is 180 Å². The molecule has 0 spiro atoms. The third-order valence-electron chi connectivity index (χ3n) is 15.1. The number of allylic oxidation sites excluding steroid dienone is 6. The second-order valence-electron chi connectivity index (χ2n) is 20.8. The van der Waals surface area contributed by atoms with Gasteiger partial charge in [-0.3, -0.25) is 19.2 Å². The first-order valence-corrected chi connectivity index (χ1v) is 27.2. The van der Waals surface area contributed by atoms with Crippen LogP contribution in [0.4, 0.5) is 0 Å². The van der Waals surface area contributed by atoms with E-state index in [1.165, 1.54) is 14.2 Å². The van der Waals surface area contributed by atoms with Crippen LogP contribution >= 0.6 is 0 Å². The Morgan fingerprint density at radius 2 is 1.61 bits per heavy atom. The van der Waals surface area contributed by atoms with Gasteiger partial charge in [-0.2, -0.15) is 0 Å². The molecule has 4 N–H and O–H groups in total. The third-order valence-corrected chi connectivity index (χ3v) is 16.5. The van der Waals surface area contributed by atoms with Crippen molar-refractivity contribution in [3.8, 4) is 0 Å². The number of sulfonamides is 1. The van der Waals surface area contributed by atoms with E-state index in [1.807, 2.05) is 26.0 Å². The van der Waals surface area contributed by atoms with Crippen LogP contribution in [0.25, 0.3) is 0 Å². The van der Waals surface area contributed by atoms with Gasteiger partial charge in [0.2, 0.25) is 15.8 Å². The summed E-state index contributed by atoms with van der Waals surface area (Å²) >= 11 is 0. The zero-order valence-electron chi connectivity index (χ0n) is 43.7. The number of methoxy groups -OCH3 is 3. The number of ketones is 3. The molecule has 1 aliphatic carbocycles. The normalized spacial score (nSPS) is 37.1. The fourth-order valence-corrected chi connectivity index (χ4v) is 11.7. The highest BCUT2D eigenvalue weighted by Crippen LogP contribution is 2.38. The minimum absolute atomic E-state index is 0.00697. The van der Waals surface area contributed by atoms with E-state index in [1.54, 1.807) is 66.0 Å². The zero-order chi connectivity index (χ0) is 52.8. The van der Waals surface area contributed by atoms with E-state index >= 15 is 0 Å². The first kappa shape index (κ1) is 60.1. The standard InChI is InChI=1S/C53H84N2O15S/c1-32-16-12-11-13-17-33(2)41(54-71(64,65)25-24-66-8)30-40-21-19-38(7)53(63,70-40)50(60)51(61)55-23-15-14-18-42(55)52(62)69-45(35(4)28-39-20-22-43(56)46(29-39)67-9)31-44(57)34(3)27-37(6)48(59)49(68-10)47(58)36(5)26-32/h11-13,16-17,27,32,34-36,38-43,45-46,48-49,54,56,59,63H,14-15,18-26,28-31H2,1-10H3/b13-11?,16-12+,33-17?,37-27+/t32-,34-,35-,36-,38-,39+,40+,41-,42+,43-,45+,46-,48-,49+,53-/m1/s1. The molecule has 2 bridgehead atoms. The Labute approximate surface area is 422 Å². The summed E-state index contributed by atoms with van der Waals surface area (Å²) in [6.07, 6.45) is 9.50. The lowest BCUT2D eigenvalue weighted by atomic mass is 9.78. The molecule has 0 aromatic rings. The van der Waals surface area contributed by atoms with Gasteiger partial charge >= 0.3 is 5.97 Å². The highest BCUT2D eigenvalue weighted by molar-refractivity contribution is 7.89. The Balaban J connectivity index is 1.75. The molecule has 71 heavy (non-hydrogen) atoms. The van der Waals surface area contributed by atoms with E-state index < -0.39 is 93.8 Å². The van der Waals surface area contributed by atoms with Gasteiger partial charge in [-0.1, -0.05) is 76.6 Å². The number of piperidine rings is 1. The smallest absolute Gasteiger partial charge is 0.329 e. The molecule has 3 fully saturated rings. The molecule has 3 aliphatic heterocycles. The highest BCUT2D eigenvalue weighted by atomic mass is 32.2. The van der Waals surface area contributed by atoms with E-state index in [2.05, 4.69) is 4.72 Å². The molecule has 402 valence electrons. The number of cyclic esters (lactones) is 1. The molecular formula is C53H84N2O15S.